The van der Waals surface area contributed by atoms with Crippen molar-refractivity contribution in [3.05, 3.63) is 17.0 Å². The summed E-state index contributed by atoms with van der Waals surface area (Å²) in [5.74, 6) is -0.322. The van der Waals surface area contributed by atoms with Crippen molar-refractivity contribution in [2.24, 2.45) is 0 Å². The Morgan fingerprint density at radius 3 is 2.65 bits per heavy atom. The molecule has 0 aliphatic carbocycles. The van der Waals surface area contributed by atoms with Crippen LogP contribution in [0.1, 0.15) is 43.1 Å². The molecule has 0 atom stereocenters. The Bertz CT molecular complexity index is 586. The largest absolute Gasteiger partial charge is 0.355 e. The summed E-state index contributed by atoms with van der Waals surface area (Å²) >= 11 is 0. The number of nitriles is 1. The van der Waals surface area contributed by atoms with Gasteiger partial charge in [-0.25, -0.2) is 0 Å². The Hall–Kier alpha value is -2.36. The van der Waals surface area contributed by atoms with Gasteiger partial charge < -0.3 is 10.6 Å². The van der Waals surface area contributed by atoms with Gasteiger partial charge >= 0.3 is 0 Å². The van der Waals surface area contributed by atoms with E-state index < -0.39 is 0 Å². The smallest absolute Gasteiger partial charge is 0.239 e. The van der Waals surface area contributed by atoms with Crippen LogP contribution < -0.4 is 10.6 Å². The molecule has 0 saturated carbocycles. The summed E-state index contributed by atoms with van der Waals surface area (Å²) in [6.07, 6.45) is 2.17. The number of carbonyl (C=O) groups excluding carboxylic acids is 2. The quantitative estimate of drug-likeness (QED) is 0.709. The first-order chi connectivity index (χ1) is 11.0. The minimum atomic E-state index is -0.170. The topological polar surface area (TPSA) is 99.8 Å². The van der Waals surface area contributed by atoms with E-state index in [1.165, 1.54) is 0 Å². The lowest BCUT2D eigenvalue weighted by molar-refractivity contribution is -0.126. The van der Waals surface area contributed by atoms with Gasteiger partial charge in [0.05, 0.1) is 31.3 Å². The van der Waals surface area contributed by atoms with Crippen molar-refractivity contribution in [2.45, 2.75) is 53.0 Å². The van der Waals surface area contributed by atoms with Gasteiger partial charge in [0.25, 0.3) is 0 Å². The van der Waals surface area contributed by atoms with Crippen molar-refractivity contribution in [1.82, 2.24) is 20.4 Å². The van der Waals surface area contributed by atoms with Crippen molar-refractivity contribution < 1.29 is 9.59 Å². The average Bonchev–Trinajstić information content (AvgIpc) is 2.80. The Kier molecular flexibility index (Phi) is 7.81. The fourth-order valence-electron chi connectivity index (χ4n) is 2.30. The molecule has 23 heavy (non-hydrogen) atoms. The SMILES string of the molecule is CCCNC(=O)CNC(=O)CCc1c(C)nn(CCC#N)c1C. The number of hydrogen-bond donors (Lipinski definition) is 2. The molecule has 1 aromatic rings. The summed E-state index contributed by atoms with van der Waals surface area (Å²) in [4.78, 5) is 23.3. The average molecular weight is 319 g/mol. The number of rotatable bonds is 9. The first kappa shape index (κ1) is 18.7. The summed E-state index contributed by atoms with van der Waals surface area (Å²) in [6.45, 7) is 7.02. The lowest BCUT2D eigenvalue weighted by atomic mass is 10.1. The molecule has 0 fully saturated rings. The summed E-state index contributed by atoms with van der Waals surface area (Å²) in [7, 11) is 0. The van der Waals surface area contributed by atoms with E-state index in [-0.39, 0.29) is 18.4 Å². The number of aromatic nitrogens is 2. The minimum Gasteiger partial charge on any atom is -0.355 e. The summed E-state index contributed by atoms with van der Waals surface area (Å²) in [5.41, 5.74) is 2.91. The molecule has 1 aromatic heterocycles. The number of nitrogens with zero attached hydrogens (tertiary/aromatic N) is 3. The number of aryl methyl sites for hydroxylation is 2. The maximum Gasteiger partial charge on any atom is 0.239 e. The normalized spacial score (nSPS) is 10.2. The third-order valence-corrected chi connectivity index (χ3v) is 3.59. The lowest BCUT2D eigenvalue weighted by Gasteiger charge is -2.06. The maximum absolute atomic E-state index is 11.8. The van der Waals surface area contributed by atoms with Crippen LogP contribution in [0.5, 0.6) is 0 Å². The summed E-state index contributed by atoms with van der Waals surface area (Å²) < 4.78 is 1.81. The fraction of sp³-hybridized carbons (Fsp3) is 0.625. The highest BCUT2D eigenvalue weighted by atomic mass is 16.2. The Labute approximate surface area is 137 Å². The van der Waals surface area contributed by atoms with Crippen LogP contribution in [0, 0.1) is 25.2 Å². The van der Waals surface area contributed by atoms with Crippen molar-refractivity contribution in [3.63, 3.8) is 0 Å². The van der Waals surface area contributed by atoms with Crippen LogP contribution in [-0.2, 0) is 22.6 Å². The standard InChI is InChI=1S/C16H25N5O2/c1-4-9-18-16(23)11-19-15(22)7-6-14-12(2)20-21(13(14)3)10-5-8-17/h4-7,9-11H2,1-3H3,(H,18,23)(H,19,22). The molecule has 7 nitrogen and oxygen atoms in total. The number of amides is 2. The molecule has 0 radical (unpaired) electrons. The van der Waals surface area contributed by atoms with Gasteiger partial charge in [-0.3, -0.25) is 14.3 Å². The second kappa shape index (κ2) is 9.62. The van der Waals surface area contributed by atoms with Crippen LogP contribution >= 0.6 is 0 Å². The molecule has 0 unspecified atom stereocenters. The van der Waals surface area contributed by atoms with Crippen molar-refractivity contribution in [3.8, 4) is 6.07 Å². The Morgan fingerprint density at radius 2 is 2.00 bits per heavy atom. The van der Waals surface area contributed by atoms with Crippen LogP contribution in [-0.4, -0.2) is 34.7 Å². The lowest BCUT2D eigenvalue weighted by Crippen LogP contribution is -2.37. The molecule has 0 saturated heterocycles. The predicted molar refractivity (Wildman–Crippen MR) is 86.6 cm³/mol. The van der Waals surface area contributed by atoms with Crippen LogP contribution in [0.15, 0.2) is 0 Å². The molecule has 0 spiro atoms. The zero-order valence-corrected chi connectivity index (χ0v) is 14.1. The highest BCUT2D eigenvalue weighted by Crippen LogP contribution is 2.15. The molecule has 126 valence electrons. The molecule has 2 N–H and O–H groups in total. The molecule has 2 amide bonds. The van der Waals surface area contributed by atoms with Crippen LogP contribution in [0.4, 0.5) is 0 Å². The molecular weight excluding hydrogens is 294 g/mol. The summed E-state index contributed by atoms with van der Waals surface area (Å²) in [5, 5.41) is 18.4. The maximum atomic E-state index is 11.8. The van der Waals surface area contributed by atoms with E-state index in [2.05, 4.69) is 21.8 Å². The van der Waals surface area contributed by atoms with Gasteiger partial charge in [0.2, 0.25) is 11.8 Å². The van der Waals surface area contributed by atoms with Gasteiger partial charge in [-0.1, -0.05) is 6.92 Å². The fourth-order valence-corrected chi connectivity index (χ4v) is 2.30. The van der Waals surface area contributed by atoms with Crippen LogP contribution in [0.25, 0.3) is 0 Å². The van der Waals surface area contributed by atoms with E-state index in [0.29, 0.717) is 32.4 Å². The van der Waals surface area contributed by atoms with Gasteiger partial charge in [0, 0.05) is 18.7 Å². The first-order valence-corrected chi connectivity index (χ1v) is 7.92. The summed E-state index contributed by atoms with van der Waals surface area (Å²) in [6, 6.07) is 2.10. The van der Waals surface area contributed by atoms with Crippen molar-refractivity contribution >= 4 is 11.8 Å². The van der Waals surface area contributed by atoms with Crippen LogP contribution in [0.2, 0.25) is 0 Å². The van der Waals surface area contributed by atoms with Gasteiger partial charge in [-0.15, -0.1) is 0 Å². The number of hydrogen-bond acceptors (Lipinski definition) is 4. The number of nitrogens with one attached hydrogen (secondary N) is 2. The van der Waals surface area contributed by atoms with E-state index in [1.807, 2.05) is 25.5 Å². The van der Waals surface area contributed by atoms with Gasteiger partial charge in [0.1, 0.15) is 0 Å². The molecule has 1 rings (SSSR count). The molecular formula is C16H25N5O2. The predicted octanol–water partition coefficient (Wildman–Crippen LogP) is 0.989. The first-order valence-electron chi connectivity index (χ1n) is 7.92. The Balaban J connectivity index is 2.45. The van der Waals surface area contributed by atoms with Gasteiger partial charge in [-0.2, -0.15) is 10.4 Å². The zero-order valence-electron chi connectivity index (χ0n) is 14.1. The molecule has 0 aliphatic rings. The van der Waals surface area contributed by atoms with E-state index >= 15 is 0 Å². The van der Waals surface area contributed by atoms with Crippen molar-refractivity contribution in [1.29, 1.82) is 5.26 Å². The zero-order chi connectivity index (χ0) is 17.2. The van der Waals surface area contributed by atoms with Crippen molar-refractivity contribution in [2.75, 3.05) is 13.1 Å². The molecule has 7 heteroatoms. The third kappa shape index (κ3) is 6.10. The van der Waals surface area contributed by atoms with Gasteiger partial charge in [0.15, 0.2) is 0 Å². The molecule has 1 heterocycles. The third-order valence-electron chi connectivity index (χ3n) is 3.59. The molecule has 0 aromatic carbocycles. The second-order valence-corrected chi connectivity index (χ2v) is 5.41. The second-order valence-electron chi connectivity index (χ2n) is 5.41. The number of carbonyl (C=O) groups is 2. The van der Waals surface area contributed by atoms with E-state index in [1.54, 1.807) is 0 Å². The monoisotopic (exact) mass is 319 g/mol. The van der Waals surface area contributed by atoms with Crippen LogP contribution in [0.3, 0.4) is 0 Å². The van der Waals surface area contributed by atoms with E-state index in [0.717, 1.165) is 23.4 Å². The minimum absolute atomic E-state index is 0.0121. The van der Waals surface area contributed by atoms with E-state index in [4.69, 9.17) is 5.26 Å². The molecule has 0 aliphatic heterocycles. The molecule has 0 bridgehead atoms. The highest BCUT2D eigenvalue weighted by Gasteiger charge is 2.13. The van der Waals surface area contributed by atoms with Gasteiger partial charge in [-0.05, 0) is 32.3 Å². The highest BCUT2D eigenvalue weighted by molar-refractivity contribution is 5.84. The Morgan fingerprint density at radius 1 is 1.26 bits per heavy atom. The van der Waals surface area contributed by atoms with E-state index in [9.17, 15) is 9.59 Å².